The molecule has 0 spiro atoms. The predicted molar refractivity (Wildman–Crippen MR) is 124 cm³/mol. The molecule has 4 nitrogen and oxygen atoms in total. The predicted octanol–water partition coefficient (Wildman–Crippen LogP) is 5.93. The van der Waals surface area contributed by atoms with Crippen molar-refractivity contribution in [2.75, 3.05) is 0 Å². The third-order valence-electron chi connectivity index (χ3n) is 4.70. The number of nitrogens with zero attached hydrogens (tertiary/aromatic N) is 1. The number of aliphatic imine (C=N–C) groups is 1. The number of hydrogen-bond donors (Lipinski definition) is 0. The van der Waals surface area contributed by atoms with Crippen molar-refractivity contribution in [3.8, 4) is 5.75 Å². The second-order valence-corrected chi connectivity index (χ2v) is 8.56. The third-order valence-corrected chi connectivity index (χ3v) is 5.95. The van der Waals surface area contributed by atoms with Crippen molar-refractivity contribution in [3.63, 3.8) is 0 Å². The van der Waals surface area contributed by atoms with Crippen LogP contribution in [-0.2, 0) is 10.1 Å². The minimum atomic E-state index is -3.99. The first kappa shape index (κ1) is 20.6. The van der Waals surface area contributed by atoms with Crippen LogP contribution in [0.1, 0.15) is 16.7 Å². The van der Waals surface area contributed by atoms with E-state index < -0.39 is 10.1 Å². The summed E-state index contributed by atoms with van der Waals surface area (Å²) < 4.78 is 31.1. The molecule has 0 aliphatic rings. The van der Waals surface area contributed by atoms with E-state index >= 15 is 0 Å². The van der Waals surface area contributed by atoms with Crippen LogP contribution in [0.5, 0.6) is 5.75 Å². The largest absolute Gasteiger partial charge is 0.377 e. The second-order valence-electron chi connectivity index (χ2n) is 7.01. The van der Waals surface area contributed by atoms with Crippen molar-refractivity contribution < 1.29 is 12.6 Å². The highest BCUT2D eigenvalue weighted by atomic mass is 32.2. The van der Waals surface area contributed by atoms with E-state index in [0.717, 1.165) is 22.4 Å². The molecule has 0 aliphatic carbocycles. The number of benzene rings is 4. The van der Waals surface area contributed by atoms with Crippen LogP contribution < -0.4 is 4.18 Å². The highest BCUT2D eigenvalue weighted by Crippen LogP contribution is 2.31. The Bertz CT molecular complexity index is 1260. The standard InChI is InChI=1S/C26H21NO3S/c1-20-16-18-23(19-17-20)31(28,29)30-25-15-9-8-14-24(25)27-26(21-10-4-2-5-11-21)22-12-6-3-7-13-22/h2-19H,1H3. The Labute approximate surface area is 182 Å². The van der Waals surface area contributed by atoms with Gasteiger partial charge >= 0.3 is 10.1 Å². The molecule has 0 unspecified atom stereocenters. The van der Waals surface area contributed by atoms with Gasteiger partial charge < -0.3 is 4.18 Å². The molecule has 4 aromatic rings. The molecule has 0 aromatic heterocycles. The summed E-state index contributed by atoms with van der Waals surface area (Å²) in [6.45, 7) is 1.90. The smallest absolute Gasteiger partial charge is 0.339 e. The van der Waals surface area contributed by atoms with Gasteiger partial charge in [0, 0.05) is 11.1 Å². The van der Waals surface area contributed by atoms with Crippen LogP contribution in [0.3, 0.4) is 0 Å². The van der Waals surface area contributed by atoms with Crippen LogP contribution in [0.15, 0.2) is 119 Å². The maximum absolute atomic E-state index is 12.8. The molecule has 4 aromatic carbocycles. The van der Waals surface area contributed by atoms with Crippen LogP contribution in [0.4, 0.5) is 5.69 Å². The van der Waals surface area contributed by atoms with E-state index in [-0.39, 0.29) is 10.6 Å². The average Bonchev–Trinajstić information content (AvgIpc) is 2.80. The van der Waals surface area contributed by atoms with E-state index in [0.29, 0.717) is 5.69 Å². The molecular formula is C26H21NO3S. The lowest BCUT2D eigenvalue weighted by molar-refractivity contribution is 0.486. The summed E-state index contributed by atoms with van der Waals surface area (Å²) in [6.07, 6.45) is 0. The van der Waals surface area contributed by atoms with E-state index in [1.54, 1.807) is 36.4 Å². The Morgan fingerprint density at radius 1 is 0.677 bits per heavy atom. The second kappa shape index (κ2) is 8.98. The summed E-state index contributed by atoms with van der Waals surface area (Å²) in [5.41, 5.74) is 3.97. The monoisotopic (exact) mass is 427 g/mol. The van der Waals surface area contributed by atoms with Gasteiger partial charge in [0.1, 0.15) is 10.6 Å². The van der Waals surface area contributed by atoms with E-state index in [9.17, 15) is 8.42 Å². The first-order valence-electron chi connectivity index (χ1n) is 9.83. The molecule has 31 heavy (non-hydrogen) atoms. The Morgan fingerprint density at radius 2 is 1.19 bits per heavy atom. The fraction of sp³-hybridized carbons (Fsp3) is 0.0385. The van der Waals surface area contributed by atoms with Gasteiger partial charge in [-0.25, -0.2) is 4.99 Å². The van der Waals surface area contributed by atoms with Crippen LogP contribution >= 0.6 is 0 Å². The average molecular weight is 428 g/mol. The van der Waals surface area contributed by atoms with Gasteiger partial charge in [-0.3, -0.25) is 0 Å². The Kier molecular flexibility index (Phi) is 5.96. The summed E-state index contributed by atoms with van der Waals surface area (Å²) >= 11 is 0. The van der Waals surface area contributed by atoms with E-state index in [1.807, 2.05) is 67.6 Å². The van der Waals surface area contributed by atoms with Gasteiger partial charge in [0.15, 0.2) is 5.75 Å². The van der Waals surface area contributed by atoms with Gasteiger partial charge in [0.05, 0.1) is 5.71 Å². The Morgan fingerprint density at radius 3 is 1.77 bits per heavy atom. The van der Waals surface area contributed by atoms with Crippen LogP contribution in [0.25, 0.3) is 0 Å². The Hall–Kier alpha value is -3.70. The minimum Gasteiger partial charge on any atom is -0.377 e. The van der Waals surface area contributed by atoms with Crippen molar-refractivity contribution in [1.82, 2.24) is 0 Å². The minimum absolute atomic E-state index is 0.100. The van der Waals surface area contributed by atoms with Gasteiger partial charge in [0.2, 0.25) is 0 Å². The van der Waals surface area contributed by atoms with Gasteiger partial charge in [-0.15, -0.1) is 0 Å². The molecule has 0 saturated carbocycles. The molecule has 0 atom stereocenters. The number of para-hydroxylation sites is 2. The van der Waals surface area contributed by atoms with Crippen molar-refractivity contribution in [3.05, 3.63) is 126 Å². The van der Waals surface area contributed by atoms with Crippen LogP contribution in [-0.4, -0.2) is 14.1 Å². The van der Waals surface area contributed by atoms with Crippen LogP contribution in [0, 0.1) is 6.92 Å². The van der Waals surface area contributed by atoms with Gasteiger partial charge in [-0.1, -0.05) is 90.5 Å². The van der Waals surface area contributed by atoms with E-state index in [1.165, 1.54) is 12.1 Å². The summed E-state index contributed by atoms with van der Waals surface area (Å²) in [6, 6.07) is 33.0. The summed E-state index contributed by atoms with van der Waals surface area (Å²) in [5, 5.41) is 0. The molecular weight excluding hydrogens is 406 g/mol. The molecule has 4 rings (SSSR count). The van der Waals surface area contributed by atoms with Crippen molar-refractivity contribution in [1.29, 1.82) is 0 Å². The lowest BCUT2D eigenvalue weighted by Crippen LogP contribution is -2.10. The lowest BCUT2D eigenvalue weighted by Gasteiger charge is -2.12. The summed E-state index contributed by atoms with van der Waals surface area (Å²) in [5.74, 6) is 0.174. The van der Waals surface area contributed by atoms with E-state index in [4.69, 9.17) is 9.18 Å². The lowest BCUT2D eigenvalue weighted by atomic mass is 10.0. The molecule has 0 fully saturated rings. The first-order chi connectivity index (χ1) is 15.0. The maximum Gasteiger partial charge on any atom is 0.339 e. The molecule has 0 heterocycles. The number of hydrogen-bond acceptors (Lipinski definition) is 4. The third kappa shape index (κ3) is 4.90. The fourth-order valence-electron chi connectivity index (χ4n) is 3.10. The Balaban J connectivity index is 1.78. The van der Waals surface area contributed by atoms with Crippen molar-refractivity contribution in [2.45, 2.75) is 11.8 Å². The zero-order chi connectivity index (χ0) is 21.7. The van der Waals surface area contributed by atoms with Gasteiger partial charge in [-0.05, 0) is 31.2 Å². The number of aryl methyl sites for hydroxylation is 1. The maximum atomic E-state index is 12.8. The van der Waals surface area contributed by atoms with Gasteiger partial charge in [-0.2, -0.15) is 8.42 Å². The highest BCUT2D eigenvalue weighted by molar-refractivity contribution is 7.87. The number of rotatable bonds is 6. The SMILES string of the molecule is Cc1ccc(S(=O)(=O)Oc2ccccc2N=C(c2ccccc2)c2ccccc2)cc1. The normalized spacial score (nSPS) is 11.0. The zero-order valence-corrected chi connectivity index (χ0v) is 17.8. The molecule has 0 aliphatic heterocycles. The van der Waals surface area contributed by atoms with Gasteiger partial charge in [0.25, 0.3) is 0 Å². The molecule has 0 saturated heterocycles. The molecule has 0 bridgehead atoms. The molecule has 0 radical (unpaired) electrons. The summed E-state index contributed by atoms with van der Waals surface area (Å²) in [7, 11) is -3.99. The molecule has 154 valence electrons. The first-order valence-corrected chi connectivity index (χ1v) is 11.2. The fourth-order valence-corrected chi connectivity index (χ4v) is 4.04. The topological polar surface area (TPSA) is 55.7 Å². The molecule has 0 amide bonds. The summed E-state index contributed by atoms with van der Waals surface area (Å²) in [4.78, 5) is 4.92. The molecule has 0 N–H and O–H groups in total. The van der Waals surface area contributed by atoms with E-state index in [2.05, 4.69) is 0 Å². The van der Waals surface area contributed by atoms with Crippen molar-refractivity contribution >= 4 is 21.5 Å². The van der Waals surface area contributed by atoms with Crippen molar-refractivity contribution in [2.24, 2.45) is 4.99 Å². The molecule has 5 heteroatoms. The van der Waals surface area contributed by atoms with Crippen LogP contribution in [0.2, 0.25) is 0 Å². The zero-order valence-electron chi connectivity index (χ0n) is 17.0. The quantitative estimate of drug-likeness (QED) is 0.283. The highest BCUT2D eigenvalue weighted by Gasteiger charge is 2.19.